The lowest BCUT2D eigenvalue weighted by molar-refractivity contribution is -0.128. The van der Waals surface area contributed by atoms with Crippen LogP contribution in [-0.2, 0) is 10.2 Å². The van der Waals surface area contributed by atoms with Crippen molar-refractivity contribution in [1.29, 1.82) is 0 Å². The average molecular weight is 387 g/mol. The number of ether oxygens (including phenoxy) is 1. The zero-order valence-electron chi connectivity index (χ0n) is 17.3. The van der Waals surface area contributed by atoms with Crippen LogP contribution in [0.4, 0.5) is 0 Å². The van der Waals surface area contributed by atoms with E-state index in [-0.39, 0.29) is 17.9 Å². The van der Waals surface area contributed by atoms with E-state index in [2.05, 4.69) is 33.8 Å². The van der Waals surface area contributed by atoms with Crippen molar-refractivity contribution in [3.05, 3.63) is 29.8 Å². The van der Waals surface area contributed by atoms with Gasteiger partial charge in [-0.2, -0.15) is 0 Å². The van der Waals surface area contributed by atoms with E-state index in [0.29, 0.717) is 0 Å². The fraction of sp³-hybridized carbons (Fsp3) is 0.636. The number of nitrogens with zero attached hydrogens (tertiary/aromatic N) is 2. The molecule has 154 valence electrons. The summed E-state index contributed by atoms with van der Waals surface area (Å²) >= 11 is 0. The van der Waals surface area contributed by atoms with Gasteiger partial charge in [-0.05, 0) is 50.3 Å². The summed E-state index contributed by atoms with van der Waals surface area (Å²) in [4.78, 5) is 18.8. The molecule has 1 amide bonds. The summed E-state index contributed by atoms with van der Waals surface area (Å²) in [5, 5.41) is 6.80. The van der Waals surface area contributed by atoms with Gasteiger partial charge in [0.1, 0.15) is 12.3 Å². The van der Waals surface area contributed by atoms with Crippen LogP contribution < -0.4 is 15.4 Å². The van der Waals surface area contributed by atoms with Crippen molar-refractivity contribution < 1.29 is 9.53 Å². The number of methoxy groups -OCH3 is 1. The normalized spacial score (nSPS) is 18.9. The largest absolute Gasteiger partial charge is 0.497 e. The number of amides is 1. The van der Waals surface area contributed by atoms with Crippen LogP contribution in [0, 0.1) is 0 Å². The topological polar surface area (TPSA) is 66.0 Å². The molecule has 1 saturated carbocycles. The Labute approximate surface area is 168 Å². The van der Waals surface area contributed by atoms with Gasteiger partial charge >= 0.3 is 0 Å². The van der Waals surface area contributed by atoms with E-state index in [4.69, 9.17) is 4.74 Å². The second-order valence-corrected chi connectivity index (χ2v) is 7.86. The molecular weight excluding hydrogens is 352 g/mol. The molecule has 0 aromatic heterocycles. The van der Waals surface area contributed by atoms with Gasteiger partial charge in [-0.3, -0.25) is 4.79 Å². The molecule has 1 aliphatic carbocycles. The van der Waals surface area contributed by atoms with Gasteiger partial charge in [0, 0.05) is 31.6 Å². The Morgan fingerprint density at radius 3 is 2.61 bits per heavy atom. The van der Waals surface area contributed by atoms with Gasteiger partial charge in [0.25, 0.3) is 0 Å². The fourth-order valence-corrected chi connectivity index (χ4v) is 4.38. The Kier molecular flexibility index (Phi) is 7.18. The third-order valence-corrected chi connectivity index (χ3v) is 6.01. The van der Waals surface area contributed by atoms with Gasteiger partial charge in [0.2, 0.25) is 5.91 Å². The minimum absolute atomic E-state index is 0.0870. The molecule has 28 heavy (non-hydrogen) atoms. The lowest BCUT2D eigenvalue weighted by Gasteiger charge is -2.31. The van der Waals surface area contributed by atoms with E-state index in [9.17, 15) is 4.79 Å². The Balaban J connectivity index is 1.67. The molecule has 2 N–H and O–H groups in total. The summed E-state index contributed by atoms with van der Waals surface area (Å²) in [6.45, 7) is 5.59. The predicted molar refractivity (Wildman–Crippen MR) is 113 cm³/mol. The molecule has 1 saturated heterocycles. The Hall–Kier alpha value is -2.24. The maximum Gasteiger partial charge on any atom is 0.244 e. The van der Waals surface area contributed by atoms with E-state index in [1.165, 1.54) is 18.4 Å². The first-order chi connectivity index (χ1) is 13.7. The number of carbonyl (C=O) groups excluding carboxylic acids is 1. The number of hydrogen-bond donors (Lipinski definition) is 2. The molecule has 1 aromatic rings. The number of nitrogens with one attached hydrogen (secondary N) is 2. The molecule has 2 aliphatic rings. The highest BCUT2D eigenvalue weighted by atomic mass is 16.5. The van der Waals surface area contributed by atoms with Crippen molar-refractivity contribution in [3.8, 4) is 5.75 Å². The molecule has 0 spiro atoms. The number of guanidine groups is 1. The van der Waals surface area contributed by atoms with Crippen LogP contribution >= 0.6 is 0 Å². The number of benzene rings is 1. The highest BCUT2D eigenvalue weighted by Gasteiger charge is 2.36. The standard InChI is InChI=1S/C22H34N4O2/c1-3-23-21(24-16-20(27)26-13-6-7-14-26)25-17-22(11-4-5-12-22)18-9-8-10-19(15-18)28-2/h8-10,15H,3-7,11-14,16-17H2,1-2H3,(H2,23,24,25). The third-order valence-electron chi connectivity index (χ3n) is 6.01. The second-order valence-electron chi connectivity index (χ2n) is 7.86. The van der Waals surface area contributed by atoms with E-state index >= 15 is 0 Å². The van der Waals surface area contributed by atoms with Crippen LogP contribution in [0.25, 0.3) is 0 Å². The van der Waals surface area contributed by atoms with Crippen molar-refractivity contribution in [1.82, 2.24) is 15.5 Å². The molecule has 1 heterocycles. The first-order valence-corrected chi connectivity index (χ1v) is 10.6. The summed E-state index contributed by atoms with van der Waals surface area (Å²) in [5.41, 5.74) is 1.41. The lowest BCUT2D eigenvalue weighted by atomic mass is 9.78. The van der Waals surface area contributed by atoms with Crippen molar-refractivity contribution in [2.24, 2.45) is 4.99 Å². The van der Waals surface area contributed by atoms with Gasteiger partial charge in [-0.15, -0.1) is 0 Å². The van der Waals surface area contributed by atoms with Gasteiger partial charge in [-0.1, -0.05) is 25.0 Å². The van der Waals surface area contributed by atoms with Crippen LogP contribution in [0.3, 0.4) is 0 Å². The summed E-state index contributed by atoms with van der Waals surface area (Å²) in [7, 11) is 1.71. The molecule has 1 aromatic carbocycles. The average Bonchev–Trinajstić information content (AvgIpc) is 3.43. The Bertz CT molecular complexity index is 677. The van der Waals surface area contributed by atoms with Crippen LogP contribution in [-0.4, -0.2) is 56.6 Å². The molecule has 6 nitrogen and oxygen atoms in total. The number of aliphatic imine (C=N–C) groups is 1. The summed E-state index contributed by atoms with van der Waals surface area (Å²) in [6, 6.07) is 8.43. The molecule has 0 bridgehead atoms. The minimum atomic E-state index is 0.0870. The molecule has 6 heteroatoms. The molecule has 0 radical (unpaired) electrons. The molecule has 2 fully saturated rings. The van der Waals surface area contributed by atoms with Crippen LogP contribution in [0.1, 0.15) is 51.0 Å². The van der Waals surface area contributed by atoms with Crippen molar-refractivity contribution in [3.63, 3.8) is 0 Å². The van der Waals surface area contributed by atoms with Gasteiger partial charge in [-0.25, -0.2) is 4.99 Å². The molecule has 0 atom stereocenters. The first-order valence-electron chi connectivity index (χ1n) is 10.6. The predicted octanol–water partition coefficient (Wildman–Crippen LogP) is 2.68. The number of carbonyl (C=O) groups is 1. The van der Waals surface area contributed by atoms with Crippen LogP contribution in [0.2, 0.25) is 0 Å². The maximum absolute atomic E-state index is 12.3. The summed E-state index contributed by atoms with van der Waals surface area (Å²) in [5.74, 6) is 1.75. The number of likely N-dealkylation sites (tertiary alicyclic amines) is 1. The van der Waals surface area contributed by atoms with E-state index in [1.807, 2.05) is 17.9 Å². The molecule has 3 rings (SSSR count). The monoisotopic (exact) mass is 386 g/mol. The highest BCUT2D eigenvalue weighted by molar-refractivity contribution is 5.85. The molecule has 0 unspecified atom stereocenters. The molecule has 1 aliphatic heterocycles. The zero-order chi connectivity index (χ0) is 19.8. The van der Waals surface area contributed by atoms with E-state index < -0.39 is 0 Å². The van der Waals surface area contributed by atoms with Crippen molar-refractivity contribution >= 4 is 11.9 Å². The highest BCUT2D eigenvalue weighted by Crippen LogP contribution is 2.41. The smallest absolute Gasteiger partial charge is 0.244 e. The third kappa shape index (κ3) is 4.97. The van der Waals surface area contributed by atoms with Crippen molar-refractivity contribution in [2.75, 3.05) is 39.8 Å². The second kappa shape index (κ2) is 9.80. The van der Waals surface area contributed by atoms with E-state index in [0.717, 1.165) is 63.6 Å². The Morgan fingerprint density at radius 2 is 1.93 bits per heavy atom. The van der Waals surface area contributed by atoms with E-state index in [1.54, 1.807) is 7.11 Å². The lowest BCUT2D eigenvalue weighted by Crippen LogP contribution is -2.45. The number of rotatable bonds is 7. The van der Waals surface area contributed by atoms with Crippen LogP contribution in [0.15, 0.2) is 29.3 Å². The first kappa shape index (κ1) is 20.5. The SMILES string of the molecule is CCNC(=NCC(=O)N1CCCC1)NCC1(c2cccc(OC)c2)CCCC1. The fourth-order valence-electron chi connectivity index (χ4n) is 4.38. The van der Waals surface area contributed by atoms with Gasteiger partial charge in [0.05, 0.1) is 7.11 Å². The zero-order valence-corrected chi connectivity index (χ0v) is 17.3. The minimum Gasteiger partial charge on any atom is -0.497 e. The maximum atomic E-state index is 12.3. The van der Waals surface area contributed by atoms with Gasteiger partial charge in [0.15, 0.2) is 5.96 Å². The Morgan fingerprint density at radius 1 is 1.18 bits per heavy atom. The summed E-state index contributed by atoms with van der Waals surface area (Å²) < 4.78 is 5.44. The van der Waals surface area contributed by atoms with Gasteiger partial charge < -0.3 is 20.3 Å². The van der Waals surface area contributed by atoms with Crippen molar-refractivity contribution in [2.45, 2.75) is 50.9 Å². The quantitative estimate of drug-likeness (QED) is 0.559. The molecular formula is C22H34N4O2. The number of hydrogen-bond acceptors (Lipinski definition) is 3. The van der Waals surface area contributed by atoms with Crippen LogP contribution in [0.5, 0.6) is 5.75 Å². The summed E-state index contributed by atoms with van der Waals surface area (Å²) in [6.07, 6.45) is 6.99.